The second kappa shape index (κ2) is 3.81. The number of carbonyl (C=O) groups is 1. The first-order valence-corrected chi connectivity index (χ1v) is 6.76. The molecule has 2 heterocycles. The van der Waals surface area contributed by atoms with E-state index in [1.54, 1.807) is 6.92 Å². The number of hydrogen-bond donors (Lipinski definition) is 3. The van der Waals surface area contributed by atoms with Crippen LogP contribution in [0.25, 0.3) is 0 Å². The standard InChI is InChI=1S/C15H14O7/c1-6-3-10(17)14-13(19)11-8(4-7(20-2)5-9(11)16)12(18)15(14,21-6)22-14/h3-5,12-13,16,18-19H,1-2H3. The van der Waals surface area contributed by atoms with Crippen LogP contribution < -0.4 is 4.74 Å². The van der Waals surface area contributed by atoms with Crippen molar-refractivity contribution in [3.05, 3.63) is 35.1 Å². The normalized spacial score (nSPS) is 38.2. The lowest BCUT2D eigenvalue weighted by molar-refractivity contribution is -0.133. The second-order valence-corrected chi connectivity index (χ2v) is 5.68. The fourth-order valence-corrected chi connectivity index (χ4v) is 3.47. The third kappa shape index (κ3) is 1.25. The van der Waals surface area contributed by atoms with Gasteiger partial charge in [0.2, 0.25) is 11.4 Å². The van der Waals surface area contributed by atoms with Gasteiger partial charge in [0, 0.05) is 23.3 Å². The van der Waals surface area contributed by atoms with E-state index in [9.17, 15) is 20.1 Å². The number of ether oxygens (including phenoxy) is 3. The number of rotatable bonds is 1. The van der Waals surface area contributed by atoms with E-state index in [1.807, 2.05) is 0 Å². The van der Waals surface area contributed by atoms with Gasteiger partial charge in [-0.3, -0.25) is 4.79 Å². The molecule has 1 aromatic carbocycles. The fourth-order valence-electron chi connectivity index (χ4n) is 3.47. The van der Waals surface area contributed by atoms with Crippen molar-refractivity contribution in [2.24, 2.45) is 0 Å². The summed E-state index contributed by atoms with van der Waals surface area (Å²) in [6.07, 6.45) is -1.58. The molecule has 0 aromatic heterocycles. The molecule has 0 spiro atoms. The van der Waals surface area contributed by atoms with Gasteiger partial charge in [-0.1, -0.05) is 0 Å². The van der Waals surface area contributed by atoms with E-state index in [2.05, 4.69) is 0 Å². The summed E-state index contributed by atoms with van der Waals surface area (Å²) in [5.74, 6) is -1.84. The highest BCUT2D eigenvalue weighted by molar-refractivity contribution is 6.03. The third-order valence-corrected chi connectivity index (χ3v) is 4.51. The molecule has 22 heavy (non-hydrogen) atoms. The molecular formula is C15H14O7. The first-order valence-electron chi connectivity index (χ1n) is 6.76. The van der Waals surface area contributed by atoms with Crippen LogP contribution >= 0.6 is 0 Å². The Bertz CT molecular complexity index is 740. The Kier molecular flexibility index (Phi) is 2.35. The maximum Gasteiger partial charge on any atom is 0.281 e. The summed E-state index contributed by atoms with van der Waals surface area (Å²) in [4.78, 5) is 12.3. The van der Waals surface area contributed by atoms with Gasteiger partial charge >= 0.3 is 0 Å². The van der Waals surface area contributed by atoms with Crippen LogP contribution in [-0.2, 0) is 14.3 Å². The minimum atomic E-state index is -1.72. The highest BCUT2D eigenvalue weighted by Crippen LogP contribution is 2.69. The molecule has 1 aromatic rings. The predicted molar refractivity (Wildman–Crippen MR) is 71.0 cm³/mol. The largest absolute Gasteiger partial charge is 0.507 e. The summed E-state index contributed by atoms with van der Waals surface area (Å²) in [6, 6.07) is 2.78. The summed E-state index contributed by atoms with van der Waals surface area (Å²) < 4.78 is 16.1. The number of phenolic OH excluding ortho intramolecular Hbond substituents is 1. The van der Waals surface area contributed by atoms with Crippen LogP contribution in [0.2, 0.25) is 0 Å². The zero-order chi connectivity index (χ0) is 15.9. The highest BCUT2D eigenvalue weighted by Gasteiger charge is 2.87. The van der Waals surface area contributed by atoms with E-state index in [0.29, 0.717) is 11.5 Å². The van der Waals surface area contributed by atoms with Crippen LogP contribution in [0.5, 0.6) is 11.5 Å². The number of carbonyl (C=O) groups excluding carboxylic acids is 1. The first kappa shape index (κ1) is 13.6. The number of allylic oxidation sites excluding steroid dienone is 1. The predicted octanol–water partition coefficient (Wildman–Crippen LogP) is 0.450. The number of aliphatic hydroxyl groups excluding tert-OH is 2. The molecule has 2 aliphatic heterocycles. The van der Waals surface area contributed by atoms with Crippen LogP contribution in [0.1, 0.15) is 30.3 Å². The van der Waals surface area contributed by atoms with E-state index in [1.165, 1.54) is 25.3 Å². The number of methoxy groups -OCH3 is 1. The number of benzene rings is 1. The highest BCUT2D eigenvalue weighted by atomic mass is 16.8. The third-order valence-electron chi connectivity index (χ3n) is 4.51. The number of epoxide rings is 1. The van der Waals surface area contributed by atoms with E-state index < -0.39 is 29.4 Å². The average Bonchev–Trinajstić information content (AvgIpc) is 3.16. The molecule has 0 saturated carbocycles. The zero-order valence-electron chi connectivity index (χ0n) is 11.9. The van der Waals surface area contributed by atoms with Gasteiger partial charge in [-0.15, -0.1) is 0 Å². The molecule has 0 amide bonds. The lowest BCUT2D eigenvalue weighted by Crippen LogP contribution is -2.49. The van der Waals surface area contributed by atoms with Crippen LogP contribution in [0, 0.1) is 0 Å². The molecule has 7 heteroatoms. The van der Waals surface area contributed by atoms with Gasteiger partial charge in [0.1, 0.15) is 29.5 Å². The van der Waals surface area contributed by atoms with Crippen molar-refractivity contribution in [3.8, 4) is 11.5 Å². The second-order valence-electron chi connectivity index (χ2n) is 5.68. The Labute approximate surface area is 125 Å². The average molecular weight is 306 g/mol. The lowest BCUT2D eigenvalue weighted by Gasteiger charge is -2.36. The molecule has 1 aliphatic carbocycles. The van der Waals surface area contributed by atoms with Crippen molar-refractivity contribution >= 4 is 5.78 Å². The number of fused-ring (bicyclic) bond motifs is 1. The van der Waals surface area contributed by atoms with Gasteiger partial charge in [-0.25, -0.2) is 0 Å². The Morgan fingerprint density at radius 3 is 2.68 bits per heavy atom. The quantitative estimate of drug-likeness (QED) is 0.646. The van der Waals surface area contributed by atoms with Gasteiger partial charge in [-0.2, -0.15) is 0 Å². The maximum atomic E-state index is 12.3. The molecule has 0 bridgehead atoms. The summed E-state index contributed by atoms with van der Waals surface area (Å²) in [5, 5.41) is 31.4. The molecule has 4 atom stereocenters. The molecule has 7 nitrogen and oxygen atoms in total. The smallest absolute Gasteiger partial charge is 0.281 e. The topological polar surface area (TPSA) is 109 Å². The number of phenols is 1. The lowest BCUT2D eigenvalue weighted by atomic mass is 9.74. The first-order chi connectivity index (χ1) is 10.4. The van der Waals surface area contributed by atoms with Crippen molar-refractivity contribution in [3.63, 3.8) is 0 Å². The van der Waals surface area contributed by atoms with Gasteiger partial charge < -0.3 is 29.5 Å². The minimum absolute atomic E-state index is 0.0475. The molecule has 116 valence electrons. The summed E-state index contributed by atoms with van der Waals surface area (Å²) in [7, 11) is 1.41. The molecule has 1 saturated heterocycles. The van der Waals surface area contributed by atoms with Crippen molar-refractivity contribution in [2.45, 2.75) is 30.5 Å². The molecule has 4 unspecified atom stereocenters. The zero-order valence-corrected chi connectivity index (χ0v) is 11.9. The van der Waals surface area contributed by atoms with E-state index >= 15 is 0 Å². The SMILES string of the molecule is COc1cc(O)c2c(c1)C(O)C13OC(C)=CC(=O)C1(O3)C2O. The number of ketones is 1. The molecule has 4 rings (SSSR count). The summed E-state index contributed by atoms with van der Waals surface area (Å²) in [5.41, 5.74) is -1.46. The molecule has 3 aliphatic rings. The molecule has 0 radical (unpaired) electrons. The van der Waals surface area contributed by atoms with Crippen molar-refractivity contribution < 1.29 is 34.3 Å². The maximum absolute atomic E-state index is 12.3. The van der Waals surface area contributed by atoms with Crippen LogP contribution in [-0.4, -0.2) is 39.6 Å². The van der Waals surface area contributed by atoms with E-state index in [0.717, 1.165) is 0 Å². The summed E-state index contributed by atoms with van der Waals surface area (Å²) >= 11 is 0. The number of aromatic hydroxyl groups is 1. The van der Waals surface area contributed by atoms with E-state index in [-0.39, 0.29) is 16.9 Å². The Morgan fingerprint density at radius 2 is 2.00 bits per heavy atom. The van der Waals surface area contributed by atoms with Crippen LogP contribution in [0.4, 0.5) is 0 Å². The van der Waals surface area contributed by atoms with Crippen molar-refractivity contribution in [2.75, 3.05) is 7.11 Å². The Hall–Kier alpha value is -2.09. The molecule has 3 N–H and O–H groups in total. The van der Waals surface area contributed by atoms with Gasteiger partial charge in [-0.05, 0) is 13.0 Å². The number of hydrogen-bond acceptors (Lipinski definition) is 7. The van der Waals surface area contributed by atoms with E-state index in [4.69, 9.17) is 14.2 Å². The van der Waals surface area contributed by atoms with Crippen LogP contribution in [0.15, 0.2) is 24.0 Å². The van der Waals surface area contributed by atoms with Gasteiger partial charge in [0.25, 0.3) is 5.79 Å². The van der Waals surface area contributed by atoms with Crippen molar-refractivity contribution in [1.29, 1.82) is 0 Å². The van der Waals surface area contributed by atoms with Crippen molar-refractivity contribution in [1.82, 2.24) is 0 Å². The van der Waals surface area contributed by atoms with Crippen LogP contribution in [0.3, 0.4) is 0 Å². The van der Waals surface area contributed by atoms with Gasteiger partial charge in [0.05, 0.1) is 7.11 Å². The minimum Gasteiger partial charge on any atom is -0.507 e. The monoisotopic (exact) mass is 306 g/mol. The fraction of sp³-hybridized carbons (Fsp3) is 0.400. The van der Waals surface area contributed by atoms with Gasteiger partial charge in [0.15, 0.2) is 0 Å². The molecular weight excluding hydrogens is 292 g/mol. The number of aliphatic hydroxyl groups is 2. The summed E-state index contributed by atoms with van der Waals surface area (Å²) in [6.45, 7) is 1.57. The Morgan fingerprint density at radius 1 is 1.27 bits per heavy atom. The Balaban J connectivity index is 1.96. The molecule has 1 fully saturated rings.